The highest BCUT2D eigenvalue weighted by atomic mass is 35.5. The molecule has 0 heterocycles. The van der Waals surface area contributed by atoms with Gasteiger partial charge in [-0.25, -0.2) is 5.43 Å². The lowest BCUT2D eigenvalue weighted by atomic mass is 10.2. The van der Waals surface area contributed by atoms with Crippen LogP contribution in [0.3, 0.4) is 0 Å². The zero-order valence-corrected chi connectivity index (χ0v) is 20.0. The Morgan fingerprint density at radius 3 is 2.47 bits per heavy atom. The molecule has 0 atom stereocenters. The maximum atomic E-state index is 12.5. The summed E-state index contributed by atoms with van der Waals surface area (Å²) < 4.78 is 16.9. The van der Waals surface area contributed by atoms with E-state index in [1.807, 2.05) is 44.2 Å². The van der Waals surface area contributed by atoms with E-state index in [0.717, 1.165) is 11.1 Å². The smallest absolute Gasteiger partial charge is 0.271 e. The van der Waals surface area contributed by atoms with Crippen molar-refractivity contribution in [2.24, 2.45) is 5.10 Å². The number of nitrogens with one attached hydrogen (secondary N) is 1. The summed E-state index contributed by atoms with van der Waals surface area (Å²) >= 11 is 6.35. The number of nitrogens with zero attached hydrogens (tertiary/aromatic N) is 1. The van der Waals surface area contributed by atoms with Crippen LogP contribution in [-0.4, -0.2) is 25.3 Å². The van der Waals surface area contributed by atoms with Crippen LogP contribution < -0.4 is 19.6 Å². The second-order valence-electron chi connectivity index (χ2n) is 7.36. The van der Waals surface area contributed by atoms with Crippen molar-refractivity contribution in [1.29, 1.82) is 0 Å². The number of rotatable bonds is 11. The summed E-state index contributed by atoms with van der Waals surface area (Å²) in [4.78, 5) is 12.5. The van der Waals surface area contributed by atoms with Gasteiger partial charge in [-0.3, -0.25) is 4.79 Å². The Kier molecular flexibility index (Phi) is 9.12. The quantitative estimate of drug-likeness (QED) is 0.210. The van der Waals surface area contributed by atoms with Gasteiger partial charge in [0.25, 0.3) is 5.91 Å². The third kappa shape index (κ3) is 7.12. The molecule has 0 bridgehead atoms. The summed E-state index contributed by atoms with van der Waals surface area (Å²) in [6.45, 7) is 8.74. The van der Waals surface area contributed by atoms with E-state index in [2.05, 4.69) is 17.1 Å². The van der Waals surface area contributed by atoms with E-state index >= 15 is 0 Å². The zero-order chi connectivity index (χ0) is 24.3. The Morgan fingerprint density at radius 1 is 1.00 bits per heavy atom. The fourth-order valence-corrected chi connectivity index (χ4v) is 3.22. The predicted molar refractivity (Wildman–Crippen MR) is 135 cm³/mol. The van der Waals surface area contributed by atoms with Crippen LogP contribution >= 0.6 is 11.6 Å². The zero-order valence-electron chi connectivity index (χ0n) is 19.2. The molecular formula is C27H27ClN2O4. The van der Waals surface area contributed by atoms with Crippen molar-refractivity contribution in [1.82, 2.24) is 5.43 Å². The van der Waals surface area contributed by atoms with Crippen LogP contribution in [0.15, 0.2) is 78.4 Å². The number of halogens is 1. The molecule has 3 rings (SSSR count). The Hall–Kier alpha value is -3.77. The molecule has 3 aromatic carbocycles. The van der Waals surface area contributed by atoms with Gasteiger partial charge >= 0.3 is 0 Å². The Morgan fingerprint density at radius 2 is 1.76 bits per heavy atom. The van der Waals surface area contributed by atoms with Gasteiger partial charge in [0.05, 0.1) is 17.8 Å². The lowest BCUT2D eigenvalue weighted by Gasteiger charge is -2.12. The highest BCUT2D eigenvalue weighted by Crippen LogP contribution is 2.29. The molecule has 0 aromatic heterocycles. The van der Waals surface area contributed by atoms with Crippen LogP contribution in [0.1, 0.15) is 34.0 Å². The molecule has 0 saturated carbocycles. The van der Waals surface area contributed by atoms with Crippen molar-refractivity contribution >= 4 is 23.7 Å². The lowest BCUT2D eigenvalue weighted by Crippen LogP contribution is -2.17. The SMILES string of the molecule is C=CCOc1ccc(C(=O)N/N=C/c2ccc(OCc3ccc(C)cc3)c(Cl)c2)cc1OCC. The maximum absolute atomic E-state index is 12.5. The predicted octanol–water partition coefficient (Wildman–Crippen LogP) is 5.95. The van der Waals surface area contributed by atoms with Crippen LogP contribution in [0, 0.1) is 6.92 Å². The number of carbonyl (C=O) groups is 1. The number of carbonyl (C=O) groups excluding carboxylic acids is 1. The topological polar surface area (TPSA) is 69.2 Å². The fraction of sp³-hybridized carbons (Fsp3) is 0.185. The number of amides is 1. The fourth-order valence-electron chi connectivity index (χ4n) is 2.98. The first kappa shape index (κ1) is 24.9. The van der Waals surface area contributed by atoms with Crippen molar-refractivity contribution in [2.45, 2.75) is 20.5 Å². The lowest BCUT2D eigenvalue weighted by molar-refractivity contribution is 0.0954. The van der Waals surface area contributed by atoms with Gasteiger partial charge in [0.15, 0.2) is 11.5 Å². The summed E-state index contributed by atoms with van der Waals surface area (Å²) in [5.74, 6) is 1.22. The number of aryl methyl sites for hydroxylation is 1. The number of hydrazone groups is 1. The van der Waals surface area contributed by atoms with Gasteiger partial charge in [-0.2, -0.15) is 5.10 Å². The van der Waals surface area contributed by atoms with E-state index < -0.39 is 0 Å². The number of hydrogen-bond acceptors (Lipinski definition) is 5. The third-order valence-corrected chi connectivity index (χ3v) is 5.01. The molecule has 0 aliphatic rings. The van der Waals surface area contributed by atoms with Crippen LogP contribution in [0.5, 0.6) is 17.2 Å². The second kappa shape index (κ2) is 12.5. The molecule has 176 valence electrons. The Balaban J connectivity index is 1.59. The summed E-state index contributed by atoms with van der Waals surface area (Å²) in [7, 11) is 0. The van der Waals surface area contributed by atoms with Gasteiger partial charge in [-0.05, 0) is 61.4 Å². The molecule has 0 aliphatic carbocycles. The summed E-state index contributed by atoms with van der Waals surface area (Å²) in [5.41, 5.74) is 5.87. The van der Waals surface area contributed by atoms with Crippen molar-refractivity contribution in [2.75, 3.05) is 13.2 Å². The number of ether oxygens (including phenoxy) is 3. The minimum Gasteiger partial charge on any atom is -0.490 e. The molecule has 0 radical (unpaired) electrons. The molecule has 0 unspecified atom stereocenters. The van der Waals surface area contributed by atoms with Crippen molar-refractivity contribution in [3.8, 4) is 17.2 Å². The van der Waals surface area contributed by atoms with Crippen molar-refractivity contribution in [3.05, 3.63) is 101 Å². The highest BCUT2D eigenvalue weighted by molar-refractivity contribution is 6.32. The molecular weight excluding hydrogens is 452 g/mol. The molecule has 0 spiro atoms. The average Bonchev–Trinajstić information content (AvgIpc) is 2.84. The van der Waals surface area contributed by atoms with E-state index in [1.165, 1.54) is 11.8 Å². The molecule has 0 aliphatic heterocycles. The molecule has 7 heteroatoms. The van der Waals surface area contributed by atoms with Gasteiger partial charge in [0.2, 0.25) is 0 Å². The molecule has 0 saturated heterocycles. The van der Waals surface area contributed by atoms with Crippen LogP contribution in [0.2, 0.25) is 5.02 Å². The summed E-state index contributed by atoms with van der Waals surface area (Å²) in [6.07, 6.45) is 3.15. The standard InChI is InChI=1S/C27H27ClN2O4/c1-4-14-33-25-13-11-22(16-26(25)32-5-2)27(31)30-29-17-21-10-12-24(23(28)15-21)34-18-20-8-6-19(3)7-9-20/h4,6-13,15-17H,1,5,14,18H2,2-3H3,(H,30,31)/b29-17+. The van der Waals surface area contributed by atoms with Gasteiger partial charge < -0.3 is 14.2 Å². The maximum Gasteiger partial charge on any atom is 0.271 e. The normalized spacial score (nSPS) is 10.7. The third-order valence-electron chi connectivity index (χ3n) is 4.71. The van der Waals surface area contributed by atoms with Gasteiger partial charge in [0.1, 0.15) is 19.0 Å². The minimum atomic E-state index is -0.378. The number of hydrogen-bond donors (Lipinski definition) is 1. The van der Waals surface area contributed by atoms with Crippen LogP contribution in [0.25, 0.3) is 0 Å². The highest BCUT2D eigenvalue weighted by Gasteiger charge is 2.11. The van der Waals surface area contributed by atoms with E-state index in [4.69, 9.17) is 25.8 Å². The first-order valence-electron chi connectivity index (χ1n) is 10.8. The van der Waals surface area contributed by atoms with Crippen molar-refractivity contribution < 1.29 is 19.0 Å². The minimum absolute atomic E-state index is 0.342. The Labute approximate surface area is 204 Å². The molecule has 34 heavy (non-hydrogen) atoms. The van der Waals surface area contributed by atoms with Crippen LogP contribution in [-0.2, 0) is 6.61 Å². The molecule has 3 aromatic rings. The largest absolute Gasteiger partial charge is 0.490 e. The molecule has 1 N–H and O–H groups in total. The summed E-state index contributed by atoms with van der Waals surface area (Å²) in [5, 5.41) is 4.49. The first-order chi connectivity index (χ1) is 16.5. The monoisotopic (exact) mass is 478 g/mol. The molecule has 6 nitrogen and oxygen atoms in total. The van der Waals surface area contributed by atoms with Crippen molar-refractivity contribution in [3.63, 3.8) is 0 Å². The Bertz CT molecular complexity index is 1160. The van der Waals surface area contributed by atoms with Gasteiger partial charge in [0, 0.05) is 5.56 Å². The van der Waals surface area contributed by atoms with E-state index in [9.17, 15) is 4.79 Å². The average molecular weight is 479 g/mol. The number of benzene rings is 3. The second-order valence-corrected chi connectivity index (χ2v) is 7.76. The van der Waals surface area contributed by atoms with Gasteiger partial charge in [-0.15, -0.1) is 0 Å². The van der Waals surface area contributed by atoms with E-state index in [-0.39, 0.29) is 5.91 Å². The van der Waals surface area contributed by atoms with Crippen LogP contribution in [0.4, 0.5) is 0 Å². The first-order valence-corrected chi connectivity index (χ1v) is 11.2. The van der Waals surface area contributed by atoms with Gasteiger partial charge in [-0.1, -0.05) is 54.1 Å². The molecule has 1 amide bonds. The molecule has 0 fully saturated rings. The summed E-state index contributed by atoms with van der Waals surface area (Å²) in [6, 6.07) is 18.4. The van der Waals surface area contributed by atoms with E-state index in [1.54, 1.807) is 36.4 Å². The van der Waals surface area contributed by atoms with E-state index in [0.29, 0.717) is 47.7 Å².